The first-order chi connectivity index (χ1) is 9.61. The van der Waals surface area contributed by atoms with Crippen molar-refractivity contribution in [3.8, 4) is 0 Å². The van der Waals surface area contributed by atoms with Gasteiger partial charge in [-0.2, -0.15) is 0 Å². The van der Waals surface area contributed by atoms with Crippen LogP contribution in [-0.2, 0) is 9.59 Å². The highest BCUT2D eigenvalue weighted by Crippen LogP contribution is 2.34. The zero-order valence-corrected chi connectivity index (χ0v) is 12.3. The fourth-order valence-electron chi connectivity index (χ4n) is 4.21. The molecule has 1 saturated carbocycles. The molecule has 3 fully saturated rings. The lowest BCUT2D eigenvalue weighted by atomic mass is 9.80. The summed E-state index contributed by atoms with van der Waals surface area (Å²) < 4.78 is 0. The molecule has 2 N–H and O–H groups in total. The van der Waals surface area contributed by atoms with Crippen molar-refractivity contribution in [3.05, 3.63) is 0 Å². The number of amides is 2. The van der Waals surface area contributed by atoms with Crippen LogP contribution in [0.5, 0.6) is 0 Å². The molecule has 3 aliphatic rings. The highest BCUT2D eigenvalue weighted by Gasteiger charge is 2.47. The number of hydrogen-bond acceptors (Lipinski definition) is 3. The average Bonchev–Trinajstić information content (AvgIpc) is 2.98. The first-order valence-electron chi connectivity index (χ1n) is 7.89. The molecule has 0 aromatic rings. The van der Waals surface area contributed by atoms with Crippen molar-refractivity contribution in [3.63, 3.8) is 0 Å². The Balaban J connectivity index is 1.73. The number of carbonyl (C=O) groups excluding carboxylic acids is 2. The van der Waals surface area contributed by atoms with Gasteiger partial charge >= 0.3 is 0 Å². The number of hydrogen-bond donors (Lipinski definition) is 2. The van der Waals surface area contributed by atoms with Crippen LogP contribution in [0.1, 0.15) is 39.0 Å². The number of rotatable bonds is 2. The Morgan fingerprint density at radius 2 is 1.70 bits per heavy atom. The predicted molar refractivity (Wildman–Crippen MR) is 76.1 cm³/mol. The Bertz CT molecular complexity index is 392. The van der Waals surface area contributed by atoms with Crippen LogP contribution in [-0.4, -0.2) is 48.4 Å². The SMILES string of the molecule is CC(=O)NC1(C(=O)N2C[C@H]3CNC[C@H]3C2)CCCCC1. The van der Waals surface area contributed by atoms with Gasteiger partial charge in [-0.3, -0.25) is 9.59 Å². The second-order valence-corrected chi connectivity index (χ2v) is 6.71. The quantitative estimate of drug-likeness (QED) is 0.774. The average molecular weight is 279 g/mol. The zero-order chi connectivity index (χ0) is 14.2. The van der Waals surface area contributed by atoms with E-state index in [1.54, 1.807) is 0 Å². The summed E-state index contributed by atoms with van der Waals surface area (Å²) in [5, 5.41) is 6.39. The fraction of sp³-hybridized carbons (Fsp3) is 0.867. The Morgan fingerprint density at radius 1 is 1.10 bits per heavy atom. The predicted octanol–water partition coefficient (Wildman–Crippen LogP) is 0.503. The number of fused-ring (bicyclic) bond motifs is 1. The van der Waals surface area contributed by atoms with Gasteiger partial charge in [0.2, 0.25) is 11.8 Å². The van der Waals surface area contributed by atoms with E-state index in [9.17, 15) is 9.59 Å². The van der Waals surface area contributed by atoms with Crippen molar-refractivity contribution < 1.29 is 9.59 Å². The number of nitrogens with zero attached hydrogens (tertiary/aromatic N) is 1. The van der Waals surface area contributed by atoms with Gasteiger partial charge in [-0.15, -0.1) is 0 Å². The number of nitrogens with one attached hydrogen (secondary N) is 2. The first-order valence-corrected chi connectivity index (χ1v) is 7.89. The van der Waals surface area contributed by atoms with E-state index in [-0.39, 0.29) is 11.8 Å². The standard InChI is InChI=1S/C15H25N3O2/c1-11(19)17-15(5-3-2-4-6-15)14(20)18-9-12-7-16-8-13(12)10-18/h12-13,16H,2-10H2,1H3,(H,17,19)/t12-,13+. The molecule has 0 aromatic carbocycles. The minimum Gasteiger partial charge on any atom is -0.342 e. The summed E-state index contributed by atoms with van der Waals surface area (Å²) in [7, 11) is 0. The topological polar surface area (TPSA) is 61.4 Å². The second kappa shape index (κ2) is 5.35. The maximum Gasteiger partial charge on any atom is 0.248 e. The van der Waals surface area contributed by atoms with Crippen molar-refractivity contribution in [2.24, 2.45) is 11.8 Å². The summed E-state index contributed by atoms with van der Waals surface area (Å²) in [5.74, 6) is 1.30. The molecule has 0 bridgehead atoms. The van der Waals surface area contributed by atoms with E-state index in [2.05, 4.69) is 10.6 Å². The molecule has 2 amide bonds. The highest BCUT2D eigenvalue weighted by atomic mass is 16.2. The lowest BCUT2D eigenvalue weighted by molar-refractivity contribution is -0.142. The molecule has 5 heteroatoms. The van der Waals surface area contributed by atoms with Crippen LogP contribution in [0.4, 0.5) is 0 Å². The lowest BCUT2D eigenvalue weighted by Gasteiger charge is -2.39. The number of likely N-dealkylation sites (tertiary alicyclic amines) is 1. The molecule has 1 aliphatic carbocycles. The molecule has 0 spiro atoms. The maximum absolute atomic E-state index is 13.0. The van der Waals surface area contributed by atoms with E-state index < -0.39 is 5.54 Å². The molecule has 2 aliphatic heterocycles. The Labute approximate surface area is 120 Å². The largest absolute Gasteiger partial charge is 0.342 e. The Morgan fingerprint density at radius 3 is 2.25 bits per heavy atom. The molecular weight excluding hydrogens is 254 g/mol. The van der Waals surface area contributed by atoms with Gasteiger partial charge in [-0.25, -0.2) is 0 Å². The van der Waals surface area contributed by atoms with Gasteiger partial charge in [-0.05, 0) is 24.7 Å². The van der Waals surface area contributed by atoms with Crippen LogP contribution >= 0.6 is 0 Å². The summed E-state index contributed by atoms with van der Waals surface area (Å²) >= 11 is 0. The maximum atomic E-state index is 13.0. The van der Waals surface area contributed by atoms with E-state index in [1.165, 1.54) is 13.3 Å². The highest BCUT2D eigenvalue weighted by molar-refractivity contribution is 5.91. The van der Waals surface area contributed by atoms with Crippen molar-refractivity contribution in [1.82, 2.24) is 15.5 Å². The van der Waals surface area contributed by atoms with Crippen molar-refractivity contribution >= 4 is 11.8 Å². The molecule has 2 saturated heterocycles. The Hall–Kier alpha value is -1.10. The molecular formula is C15H25N3O2. The third-order valence-electron chi connectivity index (χ3n) is 5.21. The third-order valence-corrected chi connectivity index (χ3v) is 5.21. The van der Waals surface area contributed by atoms with Crippen LogP contribution in [0.2, 0.25) is 0 Å². The zero-order valence-electron chi connectivity index (χ0n) is 12.3. The van der Waals surface area contributed by atoms with Gasteiger partial charge in [0.05, 0.1) is 0 Å². The van der Waals surface area contributed by atoms with E-state index in [4.69, 9.17) is 0 Å². The van der Waals surface area contributed by atoms with Crippen LogP contribution in [0.25, 0.3) is 0 Å². The van der Waals surface area contributed by atoms with E-state index in [0.717, 1.165) is 51.9 Å². The third kappa shape index (κ3) is 2.43. The van der Waals surface area contributed by atoms with Gasteiger partial charge in [0, 0.05) is 33.1 Å². The van der Waals surface area contributed by atoms with Gasteiger partial charge in [0.1, 0.15) is 5.54 Å². The van der Waals surface area contributed by atoms with Crippen LogP contribution < -0.4 is 10.6 Å². The van der Waals surface area contributed by atoms with Crippen LogP contribution in [0.3, 0.4) is 0 Å². The molecule has 2 heterocycles. The smallest absolute Gasteiger partial charge is 0.248 e. The normalized spacial score (nSPS) is 31.9. The molecule has 5 nitrogen and oxygen atoms in total. The van der Waals surface area contributed by atoms with Gasteiger partial charge < -0.3 is 15.5 Å². The van der Waals surface area contributed by atoms with Crippen molar-refractivity contribution in [2.45, 2.75) is 44.6 Å². The van der Waals surface area contributed by atoms with Crippen LogP contribution in [0.15, 0.2) is 0 Å². The van der Waals surface area contributed by atoms with Gasteiger partial charge in [0.25, 0.3) is 0 Å². The summed E-state index contributed by atoms with van der Waals surface area (Å²) in [6, 6.07) is 0. The Kier molecular flexibility index (Phi) is 3.71. The second-order valence-electron chi connectivity index (χ2n) is 6.71. The monoisotopic (exact) mass is 279 g/mol. The minimum atomic E-state index is -0.615. The molecule has 112 valence electrons. The number of carbonyl (C=O) groups is 2. The van der Waals surface area contributed by atoms with Gasteiger partial charge in [-0.1, -0.05) is 19.3 Å². The van der Waals surface area contributed by atoms with E-state index >= 15 is 0 Å². The molecule has 0 radical (unpaired) electrons. The summed E-state index contributed by atoms with van der Waals surface area (Å²) in [4.78, 5) is 26.5. The summed E-state index contributed by atoms with van der Waals surface area (Å²) in [6.45, 7) is 5.30. The minimum absolute atomic E-state index is 0.0821. The lowest BCUT2D eigenvalue weighted by Crippen LogP contribution is -2.60. The molecule has 2 atom stereocenters. The molecule has 20 heavy (non-hydrogen) atoms. The van der Waals surface area contributed by atoms with E-state index in [0.29, 0.717) is 11.8 Å². The fourth-order valence-corrected chi connectivity index (χ4v) is 4.21. The van der Waals surface area contributed by atoms with E-state index in [1.807, 2.05) is 4.90 Å². The van der Waals surface area contributed by atoms with Crippen molar-refractivity contribution in [2.75, 3.05) is 26.2 Å². The van der Waals surface area contributed by atoms with Gasteiger partial charge in [0.15, 0.2) is 0 Å². The molecule has 0 unspecified atom stereocenters. The molecule has 0 aromatic heterocycles. The van der Waals surface area contributed by atoms with Crippen molar-refractivity contribution in [1.29, 1.82) is 0 Å². The molecule has 3 rings (SSSR count). The van der Waals surface area contributed by atoms with Crippen LogP contribution in [0, 0.1) is 11.8 Å². The summed E-state index contributed by atoms with van der Waals surface area (Å²) in [6.07, 6.45) is 4.84. The first kappa shape index (κ1) is 13.9. The summed E-state index contributed by atoms with van der Waals surface area (Å²) in [5.41, 5.74) is -0.615.